The van der Waals surface area contributed by atoms with Gasteiger partial charge in [0, 0.05) is 23.8 Å². The highest BCUT2D eigenvalue weighted by molar-refractivity contribution is 9.10. The number of nitrogens with one attached hydrogen (secondary N) is 1. The van der Waals surface area contributed by atoms with Gasteiger partial charge in [-0.15, -0.1) is 0 Å². The predicted molar refractivity (Wildman–Crippen MR) is 104 cm³/mol. The maximum atomic E-state index is 9.00. The van der Waals surface area contributed by atoms with Gasteiger partial charge in [0.05, 0.1) is 29.7 Å². The van der Waals surface area contributed by atoms with Gasteiger partial charge < -0.3 is 4.98 Å². The van der Waals surface area contributed by atoms with Gasteiger partial charge >= 0.3 is 0 Å². The van der Waals surface area contributed by atoms with Crippen LogP contribution in [0.15, 0.2) is 59.5 Å². The summed E-state index contributed by atoms with van der Waals surface area (Å²) in [5, 5.41) is 9.00. The molecule has 130 valence electrons. The smallest absolute Gasteiger partial charge is 0.0991 e. The van der Waals surface area contributed by atoms with Gasteiger partial charge in [0.2, 0.25) is 0 Å². The van der Waals surface area contributed by atoms with Crippen molar-refractivity contribution in [1.82, 2.24) is 14.9 Å². The number of halogens is 1. The molecule has 1 aliphatic rings. The monoisotopic (exact) mass is 406 g/mol. The van der Waals surface area contributed by atoms with Crippen LogP contribution in [0.2, 0.25) is 0 Å². The molecule has 5 heteroatoms. The van der Waals surface area contributed by atoms with E-state index in [-0.39, 0.29) is 6.04 Å². The molecule has 0 bridgehead atoms. The van der Waals surface area contributed by atoms with Crippen molar-refractivity contribution < 1.29 is 0 Å². The van der Waals surface area contributed by atoms with Gasteiger partial charge in [0.1, 0.15) is 0 Å². The maximum absolute atomic E-state index is 9.00. The molecule has 0 saturated carbocycles. The molecule has 0 saturated heterocycles. The van der Waals surface area contributed by atoms with Gasteiger partial charge in [0.25, 0.3) is 0 Å². The summed E-state index contributed by atoms with van der Waals surface area (Å²) in [6.45, 7) is 1.93. The van der Waals surface area contributed by atoms with Crippen LogP contribution in [0.25, 0.3) is 0 Å². The molecule has 4 nitrogen and oxygen atoms in total. The fraction of sp³-hybridized carbons (Fsp3) is 0.238. The summed E-state index contributed by atoms with van der Waals surface area (Å²) in [4.78, 5) is 10.0. The molecular formula is C21H19BrN4. The zero-order chi connectivity index (χ0) is 17.9. The van der Waals surface area contributed by atoms with E-state index in [0.29, 0.717) is 5.56 Å². The number of benzene rings is 2. The molecule has 4 rings (SSSR count). The number of aromatic nitrogens is 2. The van der Waals surface area contributed by atoms with Crippen molar-refractivity contribution in [3.8, 4) is 6.07 Å². The predicted octanol–water partition coefficient (Wildman–Crippen LogP) is 4.39. The number of rotatable bonds is 4. The third kappa shape index (κ3) is 3.44. The zero-order valence-corrected chi connectivity index (χ0v) is 15.9. The largest absolute Gasteiger partial charge is 0.347 e. The lowest BCUT2D eigenvalue weighted by atomic mass is 9.95. The van der Waals surface area contributed by atoms with Crippen molar-refractivity contribution in [3.05, 3.63) is 87.4 Å². The Bertz CT molecular complexity index is 926. The van der Waals surface area contributed by atoms with Gasteiger partial charge in [-0.3, -0.25) is 4.90 Å². The Balaban J connectivity index is 1.61. The first-order chi connectivity index (χ1) is 12.7. The number of fused-ring (bicyclic) bond motifs is 1. The molecule has 1 aliphatic heterocycles. The molecule has 1 aromatic heterocycles. The van der Waals surface area contributed by atoms with E-state index in [0.717, 1.165) is 31.6 Å². The summed E-state index contributed by atoms with van der Waals surface area (Å²) in [5.74, 6) is 0. The van der Waals surface area contributed by atoms with Gasteiger partial charge in [0.15, 0.2) is 0 Å². The van der Waals surface area contributed by atoms with Crippen molar-refractivity contribution in [2.24, 2.45) is 0 Å². The number of imidazole rings is 1. The Morgan fingerprint density at radius 2 is 2.08 bits per heavy atom. The average Bonchev–Trinajstić information content (AvgIpc) is 3.21. The average molecular weight is 407 g/mol. The highest BCUT2D eigenvalue weighted by Gasteiger charge is 2.26. The molecule has 0 aliphatic carbocycles. The first-order valence-corrected chi connectivity index (χ1v) is 9.51. The Labute approximate surface area is 161 Å². The van der Waals surface area contributed by atoms with Crippen molar-refractivity contribution in [3.63, 3.8) is 0 Å². The summed E-state index contributed by atoms with van der Waals surface area (Å²) in [7, 11) is 0. The topological polar surface area (TPSA) is 55.7 Å². The number of hydrogen-bond acceptors (Lipinski definition) is 3. The molecule has 3 aromatic rings. The Hall–Kier alpha value is -2.42. The van der Waals surface area contributed by atoms with Crippen molar-refractivity contribution >= 4 is 15.9 Å². The molecule has 0 radical (unpaired) electrons. The lowest BCUT2D eigenvalue weighted by molar-refractivity contribution is 0.174. The molecule has 2 aromatic carbocycles. The van der Waals surface area contributed by atoms with Crippen LogP contribution in [0, 0.1) is 11.3 Å². The fourth-order valence-electron chi connectivity index (χ4n) is 3.67. The van der Waals surface area contributed by atoms with Gasteiger partial charge in [-0.25, -0.2) is 4.98 Å². The second kappa shape index (κ2) is 7.45. The summed E-state index contributed by atoms with van der Waals surface area (Å²) < 4.78 is 1.21. The minimum absolute atomic E-state index is 0.234. The zero-order valence-electron chi connectivity index (χ0n) is 14.3. The molecular weight excluding hydrogens is 388 g/mol. The highest BCUT2D eigenvalue weighted by Crippen LogP contribution is 2.32. The molecule has 0 fully saturated rings. The van der Waals surface area contributed by atoms with Crippen LogP contribution < -0.4 is 0 Å². The second-order valence-electron chi connectivity index (χ2n) is 6.63. The summed E-state index contributed by atoms with van der Waals surface area (Å²) in [6.07, 6.45) is 5.59. The Morgan fingerprint density at radius 1 is 1.23 bits per heavy atom. The van der Waals surface area contributed by atoms with Gasteiger partial charge in [-0.05, 0) is 47.7 Å². The van der Waals surface area contributed by atoms with E-state index in [1.807, 2.05) is 18.3 Å². The number of nitrogens with zero attached hydrogens (tertiary/aromatic N) is 3. The summed E-state index contributed by atoms with van der Waals surface area (Å²) >= 11 is 3.68. The molecule has 2 heterocycles. The molecule has 0 amide bonds. The van der Waals surface area contributed by atoms with E-state index in [1.54, 1.807) is 6.33 Å². The van der Waals surface area contributed by atoms with Crippen LogP contribution in [-0.4, -0.2) is 21.4 Å². The first kappa shape index (κ1) is 17.0. The molecule has 0 spiro atoms. The third-order valence-electron chi connectivity index (χ3n) is 5.07. The first-order valence-electron chi connectivity index (χ1n) is 8.72. The van der Waals surface area contributed by atoms with E-state index < -0.39 is 0 Å². The number of nitriles is 1. The van der Waals surface area contributed by atoms with E-state index in [4.69, 9.17) is 5.26 Å². The van der Waals surface area contributed by atoms with Crippen molar-refractivity contribution in [2.45, 2.75) is 25.4 Å². The van der Waals surface area contributed by atoms with E-state index in [9.17, 15) is 0 Å². The molecule has 1 atom stereocenters. The van der Waals surface area contributed by atoms with Crippen molar-refractivity contribution in [2.75, 3.05) is 6.54 Å². The quantitative estimate of drug-likeness (QED) is 0.698. The van der Waals surface area contributed by atoms with Gasteiger partial charge in [-0.2, -0.15) is 5.26 Å². The normalized spacial score (nSPS) is 15.2. The molecule has 1 N–H and O–H groups in total. The number of aromatic amines is 1. The lowest BCUT2D eigenvalue weighted by Gasteiger charge is -2.35. The standard InChI is InChI=1S/C21H19BrN4/c22-19-3-1-2-17-13-26(9-8-18(17)19)21(20-12-24-14-25-20)10-15-4-6-16(11-23)7-5-15/h1-7,12,14,21H,8-10,13H2,(H,24,25). The third-order valence-corrected chi connectivity index (χ3v) is 5.81. The van der Waals surface area contributed by atoms with E-state index >= 15 is 0 Å². The second-order valence-corrected chi connectivity index (χ2v) is 7.49. The maximum Gasteiger partial charge on any atom is 0.0991 e. The minimum atomic E-state index is 0.234. The van der Waals surface area contributed by atoms with Crippen molar-refractivity contribution in [1.29, 1.82) is 5.26 Å². The Kier molecular flexibility index (Phi) is 4.87. The highest BCUT2D eigenvalue weighted by atomic mass is 79.9. The van der Waals surface area contributed by atoms with E-state index in [2.05, 4.69) is 67.2 Å². The fourth-order valence-corrected chi connectivity index (χ4v) is 4.28. The van der Waals surface area contributed by atoms with Crippen LogP contribution in [0.4, 0.5) is 0 Å². The van der Waals surface area contributed by atoms with Crippen LogP contribution >= 0.6 is 15.9 Å². The van der Waals surface area contributed by atoms with Crippen LogP contribution in [0.1, 0.15) is 34.0 Å². The van der Waals surface area contributed by atoms with Gasteiger partial charge in [-0.1, -0.05) is 40.2 Å². The van der Waals surface area contributed by atoms with Crippen LogP contribution in [0.5, 0.6) is 0 Å². The van der Waals surface area contributed by atoms with Crippen LogP contribution in [0.3, 0.4) is 0 Å². The minimum Gasteiger partial charge on any atom is -0.347 e. The summed E-state index contributed by atoms with van der Waals surface area (Å²) in [6, 6.07) is 16.8. The Morgan fingerprint density at radius 3 is 2.81 bits per heavy atom. The lowest BCUT2D eigenvalue weighted by Crippen LogP contribution is -2.35. The van der Waals surface area contributed by atoms with Crippen LogP contribution in [-0.2, 0) is 19.4 Å². The number of H-pyrrole nitrogens is 1. The summed E-state index contributed by atoms with van der Waals surface area (Å²) in [5.41, 5.74) is 5.86. The number of hydrogen-bond donors (Lipinski definition) is 1. The van der Waals surface area contributed by atoms with E-state index in [1.165, 1.54) is 21.2 Å². The molecule has 1 unspecified atom stereocenters. The molecule has 26 heavy (non-hydrogen) atoms. The SMILES string of the molecule is N#Cc1ccc(CC(c2cnc[nH]2)N2CCc3c(Br)cccc3C2)cc1.